The maximum Gasteiger partial charge on any atom is 0.142 e. The summed E-state index contributed by atoms with van der Waals surface area (Å²) in [4.78, 5) is 2.24. The van der Waals surface area contributed by atoms with Crippen LogP contribution in [0.4, 0.5) is 4.39 Å². The summed E-state index contributed by atoms with van der Waals surface area (Å²) in [6.07, 6.45) is 0.191. The number of hydrogen-bond acceptors (Lipinski definition) is 3. The molecule has 0 aromatic heterocycles. The Bertz CT molecular complexity index is 401. The molecule has 1 fully saturated rings. The van der Waals surface area contributed by atoms with Crippen molar-refractivity contribution in [1.82, 2.24) is 10.2 Å². The lowest BCUT2D eigenvalue weighted by molar-refractivity contribution is -0.0291. The van der Waals surface area contributed by atoms with Gasteiger partial charge in [0, 0.05) is 26.2 Å². The van der Waals surface area contributed by atoms with Crippen molar-refractivity contribution in [1.29, 1.82) is 0 Å². The van der Waals surface area contributed by atoms with Crippen molar-refractivity contribution >= 4 is 11.6 Å². The van der Waals surface area contributed by atoms with Gasteiger partial charge in [-0.2, -0.15) is 0 Å². The first kappa shape index (κ1) is 13.7. The van der Waals surface area contributed by atoms with E-state index in [4.69, 9.17) is 16.3 Å². The van der Waals surface area contributed by atoms with Crippen LogP contribution in [0.15, 0.2) is 18.2 Å². The Hall–Kier alpha value is -0.680. The molecule has 100 valence electrons. The van der Waals surface area contributed by atoms with Crippen molar-refractivity contribution in [2.75, 3.05) is 33.3 Å². The third-order valence-electron chi connectivity index (χ3n) is 3.08. The standard InChI is InChI=1S/C13H18ClFN2O/c1-16-7-11-9-17(5-6-18-11)8-10-3-2-4-12(15)13(10)14/h2-4,11,16H,5-9H2,1H3. The maximum atomic E-state index is 13.3. The molecule has 0 aliphatic carbocycles. The average molecular weight is 273 g/mol. The van der Waals surface area contributed by atoms with Gasteiger partial charge < -0.3 is 10.1 Å². The van der Waals surface area contributed by atoms with Crippen LogP contribution >= 0.6 is 11.6 Å². The normalized spacial score (nSPS) is 21.2. The van der Waals surface area contributed by atoms with Crippen molar-refractivity contribution in [2.45, 2.75) is 12.6 Å². The van der Waals surface area contributed by atoms with Gasteiger partial charge in [0.1, 0.15) is 5.82 Å². The molecule has 1 aliphatic heterocycles. The summed E-state index contributed by atoms with van der Waals surface area (Å²) in [5.74, 6) is -0.353. The fourth-order valence-electron chi connectivity index (χ4n) is 2.19. The number of benzene rings is 1. The van der Waals surface area contributed by atoms with E-state index in [1.807, 2.05) is 13.1 Å². The molecule has 1 N–H and O–H groups in total. The molecule has 3 nitrogen and oxygen atoms in total. The topological polar surface area (TPSA) is 24.5 Å². The SMILES string of the molecule is CNCC1CN(Cc2cccc(F)c2Cl)CCO1. The Labute approximate surface area is 112 Å². The fourth-order valence-corrected chi connectivity index (χ4v) is 2.37. The minimum atomic E-state index is -0.353. The number of likely N-dealkylation sites (N-methyl/N-ethyl adjacent to an activating group) is 1. The molecule has 0 spiro atoms. The second-order valence-corrected chi connectivity index (χ2v) is 4.88. The third-order valence-corrected chi connectivity index (χ3v) is 3.50. The van der Waals surface area contributed by atoms with Crippen LogP contribution in [-0.4, -0.2) is 44.3 Å². The molecule has 1 unspecified atom stereocenters. The molecule has 1 atom stereocenters. The minimum absolute atomic E-state index is 0.191. The molecule has 1 aromatic rings. The van der Waals surface area contributed by atoms with Crippen molar-refractivity contribution < 1.29 is 9.13 Å². The highest BCUT2D eigenvalue weighted by Gasteiger charge is 2.20. The predicted molar refractivity (Wildman–Crippen MR) is 70.4 cm³/mol. The Morgan fingerprint density at radius 2 is 2.39 bits per heavy atom. The first-order valence-electron chi connectivity index (χ1n) is 6.12. The lowest BCUT2D eigenvalue weighted by Gasteiger charge is -2.33. The molecule has 18 heavy (non-hydrogen) atoms. The smallest absolute Gasteiger partial charge is 0.142 e. The van der Waals surface area contributed by atoms with E-state index >= 15 is 0 Å². The van der Waals surface area contributed by atoms with E-state index in [-0.39, 0.29) is 16.9 Å². The second-order valence-electron chi connectivity index (χ2n) is 4.50. The summed E-state index contributed by atoms with van der Waals surface area (Å²) in [5, 5.41) is 3.34. The van der Waals surface area contributed by atoms with Gasteiger partial charge >= 0.3 is 0 Å². The number of nitrogens with zero attached hydrogens (tertiary/aromatic N) is 1. The van der Waals surface area contributed by atoms with E-state index in [1.54, 1.807) is 6.07 Å². The summed E-state index contributed by atoms with van der Waals surface area (Å²) < 4.78 is 19.0. The molecule has 1 heterocycles. The van der Waals surface area contributed by atoms with E-state index in [9.17, 15) is 4.39 Å². The van der Waals surface area contributed by atoms with Crippen LogP contribution in [0.5, 0.6) is 0 Å². The number of hydrogen-bond donors (Lipinski definition) is 1. The van der Waals surface area contributed by atoms with Crippen LogP contribution in [0, 0.1) is 5.82 Å². The third kappa shape index (κ3) is 3.42. The Balaban J connectivity index is 1.98. The summed E-state index contributed by atoms with van der Waals surface area (Å²) in [6, 6.07) is 4.95. The highest BCUT2D eigenvalue weighted by molar-refractivity contribution is 6.31. The lowest BCUT2D eigenvalue weighted by Crippen LogP contribution is -2.45. The molecule has 5 heteroatoms. The van der Waals surface area contributed by atoms with Crippen molar-refractivity contribution in [2.24, 2.45) is 0 Å². The Morgan fingerprint density at radius 1 is 1.56 bits per heavy atom. The molecule has 0 bridgehead atoms. The number of ether oxygens (including phenoxy) is 1. The first-order valence-corrected chi connectivity index (χ1v) is 6.50. The average Bonchev–Trinajstić information content (AvgIpc) is 2.36. The van der Waals surface area contributed by atoms with Gasteiger partial charge in [-0.25, -0.2) is 4.39 Å². The zero-order chi connectivity index (χ0) is 13.0. The van der Waals surface area contributed by atoms with Gasteiger partial charge in [-0.3, -0.25) is 4.90 Å². The van der Waals surface area contributed by atoms with Gasteiger partial charge in [-0.05, 0) is 18.7 Å². The van der Waals surface area contributed by atoms with Gasteiger partial charge in [0.15, 0.2) is 0 Å². The molecule has 1 aromatic carbocycles. The molecular weight excluding hydrogens is 255 g/mol. The molecule has 0 amide bonds. The zero-order valence-electron chi connectivity index (χ0n) is 10.5. The fraction of sp³-hybridized carbons (Fsp3) is 0.538. The monoisotopic (exact) mass is 272 g/mol. The van der Waals surface area contributed by atoms with Gasteiger partial charge in [-0.15, -0.1) is 0 Å². The summed E-state index contributed by atoms with van der Waals surface area (Å²) in [7, 11) is 1.91. The molecule has 2 rings (SSSR count). The number of morpholine rings is 1. The van der Waals surface area contributed by atoms with Crippen LogP contribution in [-0.2, 0) is 11.3 Å². The van der Waals surface area contributed by atoms with Crippen LogP contribution in [0.1, 0.15) is 5.56 Å². The van der Waals surface area contributed by atoms with E-state index in [0.29, 0.717) is 13.2 Å². The maximum absolute atomic E-state index is 13.3. The van der Waals surface area contributed by atoms with Crippen LogP contribution in [0.25, 0.3) is 0 Å². The highest BCUT2D eigenvalue weighted by atomic mass is 35.5. The quantitative estimate of drug-likeness (QED) is 0.906. The second kappa shape index (κ2) is 6.48. The van der Waals surface area contributed by atoms with Crippen LogP contribution < -0.4 is 5.32 Å². The van der Waals surface area contributed by atoms with Gasteiger partial charge in [0.25, 0.3) is 0 Å². The summed E-state index contributed by atoms with van der Waals surface area (Å²) >= 11 is 5.96. The van der Waals surface area contributed by atoms with Crippen LogP contribution in [0.3, 0.4) is 0 Å². The minimum Gasteiger partial charge on any atom is -0.374 e. The van der Waals surface area contributed by atoms with E-state index in [0.717, 1.165) is 25.2 Å². The van der Waals surface area contributed by atoms with E-state index < -0.39 is 0 Å². The summed E-state index contributed by atoms with van der Waals surface area (Å²) in [6.45, 7) is 3.90. The van der Waals surface area contributed by atoms with Crippen LogP contribution in [0.2, 0.25) is 5.02 Å². The molecular formula is C13H18ClFN2O. The molecule has 0 radical (unpaired) electrons. The van der Waals surface area contributed by atoms with Gasteiger partial charge in [0.05, 0.1) is 17.7 Å². The molecule has 1 saturated heterocycles. The van der Waals surface area contributed by atoms with Gasteiger partial charge in [-0.1, -0.05) is 23.7 Å². The lowest BCUT2D eigenvalue weighted by atomic mass is 10.2. The zero-order valence-corrected chi connectivity index (χ0v) is 11.2. The van der Waals surface area contributed by atoms with Crippen molar-refractivity contribution in [3.05, 3.63) is 34.6 Å². The van der Waals surface area contributed by atoms with Gasteiger partial charge in [0.2, 0.25) is 0 Å². The summed E-state index contributed by atoms with van der Waals surface area (Å²) in [5.41, 5.74) is 0.835. The highest BCUT2D eigenvalue weighted by Crippen LogP contribution is 2.21. The largest absolute Gasteiger partial charge is 0.374 e. The number of halogens is 2. The first-order chi connectivity index (χ1) is 8.70. The van der Waals surface area contributed by atoms with E-state index in [1.165, 1.54) is 6.07 Å². The Kier molecular flexibility index (Phi) is 4.95. The van der Waals surface area contributed by atoms with Crippen molar-refractivity contribution in [3.63, 3.8) is 0 Å². The number of nitrogens with one attached hydrogen (secondary N) is 1. The van der Waals surface area contributed by atoms with Crippen molar-refractivity contribution in [3.8, 4) is 0 Å². The Morgan fingerprint density at radius 3 is 3.17 bits per heavy atom. The predicted octanol–water partition coefficient (Wildman–Crippen LogP) is 1.90. The molecule has 1 aliphatic rings. The molecule has 0 saturated carbocycles. The van der Waals surface area contributed by atoms with E-state index in [2.05, 4.69) is 10.2 Å². The number of rotatable bonds is 4.